The van der Waals surface area contributed by atoms with E-state index < -0.39 is 0 Å². The predicted molar refractivity (Wildman–Crippen MR) is 89.8 cm³/mol. The molecule has 2 nitrogen and oxygen atoms in total. The zero-order chi connectivity index (χ0) is 15.8. The van der Waals surface area contributed by atoms with Crippen LogP contribution in [-0.2, 0) is 12.8 Å². The summed E-state index contributed by atoms with van der Waals surface area (Å²) in [5.41, 5.74) is 4.67. The van der Waals surface area contributed by atoms with E-state index in [4.69, 9.17) is 0 Å². The molecule has 0 spiro atoms. The van der Waals surface area contributed by atoms with Gasteiger partial charge in [-0.1, -0.05) is 54.6 Å². The van der Waals surface area contributed by atoms with Gasteiger partial charge in [0.25, 0.3) is 0 Å². The molecule has 0 saturated heterocycles. The lowest BCUT2D eigenvalue weighted by atomic mass is 9.77. The molecule has 1 atom stereocenters. The van der Waals surface area contributed by atoms with E-state index in [2.05, 4.69) is 0 Å². The topological polar surface area (TPSA) is 34.1 Å². The van der Waals surface area contributed by atoms with Gasteiger partial charge < -0.3 is 0 Å². The van der Waals surface area contributed by atoms with Crippen molar-refractivity contribution < 1.29 is 9.59 Å². The molecule has 2 aliphatic rings. The molecule has 0 aliphatic heterocycles. The number of carbonyl (C=O) groups is 2. The third-order valence-electron chi connectivity index (χ3n) is 5.00. The van der Waals surface area contributed by atoms with Gasteiger partial charge in [-0.3, -0.25) is 9.59 Å². The van der Waals surface area contributed by atoms with Gasteiger partial charge in [-0.05, 0) is 42.4 Å². The first-order valence-electron chi connectivity index (χ1n) is 8.18. The number of ketones is 2. The van der Waals surface area contributed by atoms with E-state index in [0.29, 0.717) is 6.42 Å². The van der Waals surface area contributed by atoms with Crippen LogP contribution >= 0.6 is 0 Å². The van der Waals surface area contributed by atoms with Gasteiger partial charge in [-0.15, -0.1) is 0 Å². The normalized spacial score (nSPS) is 19.8. The van der Waals surface area contributed by atoms with Crippen molar-refractivity contribution in [3.8, 4) is 0 Å². The van der Waals surface area contributed by atoms with Crippen molar-refractivity contribution in [2.24, 2.45) is 5.92 Å². The van der Waals surface area contributed by atoms with Crippen LogP contribution in [0.5, 0.6) is 0 Å². The number of hydrogen-bond acceptors (Lipinski definition) is 2. The number of fused-ring (bicyclic) bond motifs is 2. The molecule has 1 unspecified atom stereocenters. The summed E-state index contributed by atoms with van der Waals surface area (Å²) in [5.74, 6) is 0.225. The van der Waals surface area contributed by atoms with Crippen LogP contribution in [0.3, 0.4) is 0 Å². The Balaban J connectivity index is 1.57. The van der Waals surface area contributed by atoms with E-state index in [9.17, 15) is 9.59 Å². The van der Waals surface area contributed by atoms with E-state index >= 15 is 0 Å². The lowest BCUT2D eigenvalue weighted by Gasteiger charge is -2.25. The second-order valence-corrected chi connectivity index (χ2v) is 6.38. The minimum Gasteiger partial charge on any atom is -0.294 e. The Bertz CT molecular complexity index is 829. The van der Waals surface area contributed by atoms with E-state index in [1.54, 1.807) is 0 Å². The molecule has 0 saturated carbocycles. The molecular weight excluding hydrogens is 284 g/mol. The first-order valence-corrected chi connectivity index (χ1v) is 8.18. The van der Waals surface area contributed by atoms with Gasteiger partial charge in [-0.2, -0.15) is 0 Å². The standard InChI is InChI=1S/C21H18O2/c22-20-16(11-9-14-5-1-3-7-18(14)20)13-17-12-10-15-6-2-4-8-19(15)21(17)23/h1-8,11,17H,9-10,12-13H2. The average Bonchev–Trinajstić information content (AvgIpc) is 2.60. The molecule has 0 amide bonds. The molecule has 2 aliphatic carbocycles. The molecule has 2 aromatic carbocycles. The van der Waals surface area contributed by atoms with Gasteiger partial charge in [-0.25, -0.2) is 0 Å². The number of Topliss-reactive ketones (excluding diaryl/α,β-unsaturated/α-hetero) is 2. The zero-order valence-corrected chi connectivity index (χ0v) is 12.9. The number of aryl methyl sites for hydroxylation is 1. The summed E-state index contributed by atoms with van der Waals surface area (Å²) in [5, 5.41) is 0. The second kappa shape index (κ2) is 5.62. The Hall–Kier alpha value is -2.48. The summed E-state index contributed by atoms with van der Waals surface area (Å²) in [6.07, 6.45) is 5.13. The van der Waals surface area contributed by atoms with Crippen molar-refractivity contribution >= 4 is 11.6 Å². The quantitative estimate of drug-likeness (QED) is 0.833. The number of benzene rings is 2. The first kappa shape index (κ1) is 14.1. The molecular formula is C21H18O2. The molecule has 0 heterocycles. The minimum atomic E-state index is -0.0645. The molecule has 2 heteroatoms. The van der Waals surface area contributed by atoms with Crippen LogP contribution < -0.4 is 0 Å². The van der Waals surface area contributed by atoms with Crippen LogP contribution in [0, 0.1) is 5.92 Å². The number of hydrogen-bond donors (Lipinski definition) is 0. The largest absolute Gasteiger partial charge is 0.294 e. The van der Waals surface area contributed by atoms with E-state index in [1.807, 2.05) is 54.6 Å². The maximum Gasteiger partial charge on any atom is 0.189 e. The van der Waals surface area contributed by atoms with E-state index in [1.165, 1.54) is 0 Å². The van der Waals surface area contributed by atoms with Crippen LogP contribution in [-0.4, -0.2) is 11.6 Å². The Morgan fingerprint density at radius 1 is 0.870 bits per heavy atom. The second-order valence-electron chi connectivity index (χ2n) is 6.38. The van der Waals surface area contributed by atoms with Crippen molar-refractivity contribution in [1.82, 2.24) is 0 Å². The van der Waals surface area contributed by atoms with Crippen LogP contribution in [0.25, 0.3) is 0 Å². The highest BCUT2D eigenvalue weighted by Gasteiger charge is 2.30. The molecule has 2 aromatic rings. The van der Waals surface area contributed by atoms with Crippen LogP contribution in [0.1, 0.15) is 44.7 Å². The van der Waals surface area contributed by atoms with Crippen LogP contribution in [0.4, 0.5) is 0 Å². The molecule has 0 aromatic heterocycles. The number of allylic oxidation sites excluding steroid dienone is 2. The van der Waals surface area contributed by atoms with Gasteiger partial charge in [0.2, 0.25) is 0 Å². The minimum absolute atomic E-state index is 0.0645. The molecule has 0 bridgehead atoms. The number of rotatable bonds is 2. The fourth-order valence-electron chi connectivity index (χ4n) is 3.71. The smallest absolute Gasteiger partial charge is 0.189 e. The highest BCUT2D eigenvalue weighted by atomic mass is 16.1. The van der Waals surface area contributed by atoms with Gasteiger partial charge in [0.15, 0.2) is 11.6 Å². The predicted octanol–water partition coefficient (Wildman–Crippen LogP) is 4.19. The van der Waals surface area contributed by atoms with Gasteiger partial charge >= 0.3 is 0 Å². The monoisotopic (exact) mass is 302 g/mol. The summed E-state index contributed by atoms with van der Waals surface area (Å²) >= 11 is 0. The Morgan fingerprint density at radius 3 is 2.39 bits per heavy atom. The molecule has 114 valence electrons. The lowest BCUT2D eigenvalue weighted by Crippen LogP contribution is -2.25. The maximum absolute atomic E-state index is 12.7. The highest BCUT2D eigenvalue weighted by Crippen LogP contribution is 2.32. The highest BCUT2D eigenvalue weighted by molar-refractivity contribution is 6.11. The summed E-state index contributed by atoms with van der Waals surface area (Å²) in [6, 6.07) is 15.6. The fourth-order valence-corrected chi connectivity index (χ4v) is 3.71. The average molecular weight is 302 g/mol. The summed E-state index contributed by atoms with van der Waals surface area (Å²) < 4.78 is 0. The van der Waals surface area contributed by atoms with Crippen molar-refractivity contribution in [2.45, 2.75) is 25.7 Å². The molecule has 0 fully saturated rings. The van der Waals surface area contributed by atoms with E-state index in [0.717, 1.165) is 47.1 Å². The lowest BCUT2D eigenvalue weighted by molar-refractivity contribution is 0.0897. The summed E-state index contributed by atoms with van der Waals surface area (Å²) in [4.78, 5) is 25.4. The summed E-state index contributed by atoms with van der Waals surface area (Å²) in [7, 11) is 0. The fraction of sp³-hybridized carbons (Fsp3) is 0.238. The van der Waals surface area contributed by atoms with Gasteiger partial charge in [0.05, 0.1) is 0 Å². The third kappa shape index (κ3) is 2.44. The van der Waals surface area contributed by atoms with Crippen molar-refractivity contribution in [3.63, 3.8) is 0 Å². The summed E-state index contributed by atoms with van der Waals surface area (Å²) in [6.45, 7) is 0. The van der Waals surface area contributed by atoms with Crippen molar-refractivity contribution in [3.05, 3.63) is 82.4 Å². The maximum atomic E-state index is 12.7. The van der Waals surface area contributed by atoms with Gasteiger partial charge in [0.1, 0.15) is 0 Å². The van der Waals surface area contributed by atoms with E-state index in [-0.39, 0.29) is 17.5 Å². The SMILES string of the molecule is O=C1C(CC2CCc3ccccc3C2=O)=CCc2ccccc21. The Morgan fingerprint density at radius 2 is 1.57 bits per heavy atom. The van der Waals surface area contributed by atoms with Crippen molar-refractivity contribution in [1.29, 1.82) is 0 Å². The van der Waals surface area contributed by atoms with Gasteiger partial charge in [0, 0.05) is 17.0 Å². The molecule has 0 radical (unpaired) electrons. The molecule has 0 N–H and O–H groups in total. The molecule has 23 heavy (non-hydrogen) atoms. The van der Waals surface area contributed by atoms with Crippen LogP contribution in [0.2, 0.25) is 0 Å². The molecule has 4 rings (SSSR count). The Kier molecular flexibility index (Phi) is 3.45. The van der Waals surface area contributed by atoms with Crippen LogP contribution in [0.15, 0.2) is 60.2 Å². The Labute approximate surface area is 135 Å². The van der Waals surface area contributed by atoms with Crippen molar-refractivity contribution in [2.75, 3.05) is 0 Å². The zero-order valence-electron chi connectivity index (χ0n) is 12.9. The first-order chi connectivity index (χ1) is 11.2. The number of carbonyl (C=O) groups excluding carboxylic acids is 2. The third-order valence-corrected chi connectivity index (χ3v) is 5.00.